The van der Waals surface area contributed by atoms with E-state index in [1.54, 1.807) is 0 Å². The van der Waals surface area contributed by atoms with Gasteiger partial charge >= 0.3 is 0 Å². The summed E-state index contributed by atoms with van der Waals surface area (Å²) in [5.74, 6) is 1.71. The molecule has 1 N–H and O–H groups in total. The first kappa shape index (κ1) is 18.7. The van der Waals surface area contributed by atoms with Gasteiger partial charge in [0.25, 0.3) is 0 Å². The monoisotopic (exact) mass is 352 g/mol. The van der Waals surface area contributed by atoms with Gasteiger partial charge < -0.3 is 5.32 Å². The summed E-state index contributed by atoms with van der Waals surface area (Å²) in [4.78, 5) is 4.64. The maximum atomic E-state index is 4.72. The number of aromatic nitrogens is 2. The molecule has 1 fully saturated rings. The summed E-state index contributed by atoms with van der Waals surface area (Å²) in [5.41, 5.74) is 4.84. The maximum absolute atomic E-state index is 4.72. The van der Waals surface area contributed by atoms with E-state index >= 15 is 0 Å². The van der Waals surface area contributed by atoms with Gasteiger partial charge in [0.1, 0.15) is 5.84 Å². The first-order chi connectivity index (χ1) is 12.6. The van der Waals surface area contributed by atoms with Crippen molar-refractivity contribution < 1.29 is 0 Å². The fraction of sp³-hybridized carbons (Fsp3) is 0.545. The fourth-order valence-corrected chi connectivity index (χ4v) is 3.98. The predicted molar refractivity (Wildman–Crippen MR) is 110 cm³/mol. The van der Waals surface area contributed by atoms with Gasteiger partial charge in [0.05, 0.1) is 12.2 Å². The van der Waals surface area contributed by atoms with Gasteiger partial charge in [0.2, 0.25) is 0 Å². The Balaban J connectivity index is 1.85. The molecule has 1 saturated carbocycles. The van der Waals surface area contributed by atoms with Crippen molar-refractivity contribution in [3.8, 4) is 0 Å². The zero-order valence-corrected chi connectivity index (χ0v) is 16.6. The molecule has 0 saturated heterocycles. The third kappa shape index (κ3) is 4.00. The van der Waals surface area contributed by atoms with Gasteiger partial charge in [-0.05, 0) is 57.1 Å². The lowest BCUT2D eigenvalue weighted by atomic mass is 9.96. The van der Waals surface area contributed by atoms with E-state index in [1.807, 2.05) is 18.6 Å². The van der Waals surface area contributed by atoms with Crippen LogP contribution >= 0.6 is 0 Å². The average molecular weight is 353 g/mol. The number of hydrogen-bond donors (Lipinski definition) is 1. The normalized spacial score (nSPS) is 22.9. The molecular formula is C22H32N4. The highest BCUT2D eigenvalue weighted by Gasteiger charge is 2.26. The van der Waals surface area contributed by atoms with Gasteiger partial charge in [0, 0.05) is 29.7 Å². The fourth-order valence-electron chi connectivity index (χ4n) is 3.98. The van der Waals surface area contributed by atoms with Crippen LogP contribution in [-0.2, 0) is 0 Å². The van der Waals surface area contributed by atoms with E-state index in [1.165, 1.54) is 42.4 Å². The Hall–Kier alpha value is -2.10. The van der Waals surface area contributed by atoms with Crippen molar-refractivity contribution >= 4 is 11.4 Å². The third-order valence-electron chi connectivity index (χ3n) is 5.84. The van der Waals surface area contributed by atoms with Crippen LogP contribution in [0.15, 0.2) is 47.0 Å². The van der Waals surface area contributed by atoms with Gasteiger partial charge in [-0.2, -0.15) is 5.10 Å². The molecule has 140 valence electrons. The standard InChI is InChI=1S/C22H32N4/c1-5-16(3)13-24-22-20(11-12-23-22)17(4)19-14-25-26(15-19)21(6-2)18-9-7-8-10-18/h11-15,18,21H,5-10H2,1-4H3,(H,23,24)/b16-13+,20-17+. The van der Waals surface area contributed by atoms with Crippen LogP contribution < -0.4 is 5.32 Å². The number of amidine groups is 1. The lowest BCUT2D eigenvalue weighted by Gasteiger charge is -2.22. The highest BCUT2D eigenvalue weighted by atomic mass is 15.3. The molecule has 1 aliphatic carbocycles. The van der Waals surface area contributed by atoms with Gasteiger partial charge in [-0.15, -0.1) is 0 Å². The van der Waals surface area contributed by atoms with Crippen molar-refractivity contribution in [2.45, 2.75) is 72.3 Å². The Morgan fingerprint density at radius 3 is 2.81 bits per heavy atom. The Morgan fingerprint density at radius 1 is 1.35 bits per heavy atom. The molecule has 1 aliphatic heterocycles. The summed E-state index contributed by atoms with van der Waals surface area (Å²) < 4.78 is 2.21. The van der Waals surface area contributed by atoms with Crippen molar-refractivity contribution in [1.82, 2.24) is 15.1 Å². The Bertz CT molecular complexity index is 742. The topological polar surface area (TPSA) is 42.2 Å². The van der Waals surface area contributed by atoms with Crippen LogP contribution in [0.5, 0.6) is 0 Å². The SMILES string of the molecule is CC/C(C)=C/N=C1\NC=C\C1=C(\C)c1cnn(C(CC)C2CCCC2)c1. The maximum Gasteiger partial charge on any atom is 0.137 e. The van der Waals surface area contributed by atoms with Gasteiger partial charge in [-0.25, -0.2) is 4.99 Å². The molecule has 1 atom stereocenters. The number of aliphatic imine (C=N–C) groups is 1. The Morgan fingerprint density at radius 2 is 2.12 bits per heavy atom. The van der Waals surface area contributed by atoms with Crippen LogP contribution in [0.2, 0.25) is 0 Å². The second-order valence-corrected chi connectivity index (χ2v) is 7.55. The molecule has 2 heterocycles. The second-order valence-electron chi connectivity index (χ2n) is 7.55. The first-order valence-electron chi connectivity index (χ1n) is 10.1. The molecule has 4 nitrogen and oxygen atoms in total. The number of hydrogen-bond acceptors (Lipinski definition) is 2. The van der Waals surface area contributed by atoms with Crippen molar-refractivity contribution in [2.75, 3.05) is 0 Å². The molecule has 0 radical (unpaired) electrons. The zero-order chi connectivity index (χ0) is 18.5. The lowest BCUT2D eigenvalue weighted by molar-refractivity contribution is 0.301. The molecular weight excluding hydrogens is 320 g/mol. The average Bonchev–Trinajstić information content (AvgIpc) is 3.41. The van der Waals surface area contributed by atoms with Crippen molar-refractivity contribution in [2.24, 2.45) is 10.9 Å². The summed E-state index contributed by atoms with van der Waals surface area (Å²) in [5, 5.41) is 7.99. The van der Waals surface area contributed by atoms with Crippen molar-refractivity contribution in [3.05, 3.63) is 47.6 Å². The summed E-state index contributed by atoms with van der Waals surface area (Å²) in [7, 11) is 0. The number of rotatable bonds is 6. The van der Waals surface area contributed by atoms with Gasteiger partial charge in [0.15, 0.2) is 0 Å². The summed E-state index contributed by atoms with van der Waals surface area (Å²) in [6.45, 7) is 8.71. The van der Waals surface area contributed by atoms with Crippen LogP contribution in [0.25, 0.3) is 5.57 Å². The quantitative estimate of drug-likeness (QED) is 0.721. The van der Waals surface area contributed by atoms with Gasteiger partial charge in [-0.1, -0.05) is 32.3 Å². The lowest BCUT2D eigenvalue weighted by Crippen LogP contribution is -2.17. The molecule has 2 aliphatic rings. The second kappa shape index (κ2) is 8.52. The minimum atomic E-state index is 0.532. The summed E-state index contributed by atoms with van der Waals surface area (Å²) in [6, 6.07) is 0.532. The molecule has 0 aromatic carbocycles. The minimum Gasteiger partial charge on any atom is -0.346 e. The first-order valence-corrected chi connectivity index (χ1v) is 10.1. The Kier molecular flexibility index (Phi) is 6.12. The van der Waals surface area contributed by atoms with Crippen molar-refractivity contribution in [3.63, 3.8) is 0 Å². The van der Waals surface area contributed by atoms with Crippen molar-refractivity contribution in [1.29, 1.82) is 0 Å². The Labute approximate surface area is 157 Å². The molecule has 0 amide bonds. The largest absolute Gasteiger partial charge is 0.346 e. The van der Waals surface area contributed by atoms with E-state index in [9.17, 15) is 0 Å². The number of nitrogens with zero attached hydrogens (tertiary/aromatic N) is 3. The van der Waals surface area contributed by atoms with Crippen LogP contribution in [0.1, 0.15) is 77.8 Å². The molecule has 0 bridgehead atoms. The molecule has 4 heteroatoms. The van der Waals surface area contributed by atoms with Crippen LogP contribution in [0.4, 0.5) is 0 Å². The smallest absolute Gasteiger partial charge is 0.137 e. The van der Waals surface area contributed by atoms with E-state index in [-0.39, 0.29) is 0 Å². The minimum absolute atomic E-state index is 0.532. The predicted octanol–water partition coefficient (Wildman–Crippen LogP) is 5.63. The molecule has 1 aromatic heterocycles. The van der Waals surface area contributed by atoms with E-state index in [4.69, 9.17) is 5.10 Å². The van der Waals surface area contributed by atoms with E-state index in [2.05, 4.69) is 55.0 Å². The molecule has 0 spiro atoms. The van der Waals surface area contributed by atoms with Crippen LogP contribution in [0, 0.1) is 5.92 Å². The highest BCUT2D eigenvalue weighted by Crippen LogP contribution is 2.36. The molecule has 1 aromatic rings. The summed E-state index contributed by atoms with van der Waals surface area (Å²) in [6.07, 6.45) is 17.9. The van der Waals surface area contributed by atoms with E-state index in [0.29, 0.717) is 6.04 Å². The third-order valence-corrected chi connectivity index (χ3v) is 5.84. The van der Waals surface area contributed by atoms with Crippen LogP contribution in [-0.4, -0.2) is 15.6 Å². The highest BCUT2D eigenvalue weighted by molar-refractivity contribution is 6.09. The van der Waals surface area contributed by atoms with E-state index < -0.39 is 0 Å². The van der Waals surface area contributed by atoms with Crippen LogP contribution in [0.3, 0.4) is 0 Å². The van der Waals surface area contributed by atoms with Gasteiger partial charge in [-0.3, -0.25) is 4.68 Å². The summed E-state index contributed by atoms with van der Waals surface area (Å²) >= 11 is 0. The number of nitrogens with one attached hydrogen (secondary N) is 1. The molecule has 3 rings (SSSR count). The molecule has 26 heavy (non-hydrogen) atoms. The zero-order valence-electron chi connectivity index (χ0n) is 16.6. The van der Waals surface area contributed by atoms with E-state index in [0.717, 1.165) is 30.2 Å². The number of allylic oxidation sites excluding steroid dienone is 2. The molecule has 1 unspecified atom stereocenters.